The van der Waals surface area contributed by atoms with Crippen LogP contribution in [0, 0.1) is 0 Å². The first-order valence-corrected chi connectivity index (χ1v) is 9.77. The Labute approximate surface area is 121 Å². The molecule has 1 rings (SSSR count). The van der Waals surface area contributed by atoms with Crippen LogP contribution in [-0.2, 0) is 14.3 Å². The molecule has 1 aromatic rings. The monoisotopic (exact) mass is 294 g/mol. The van der Waals surface area contributed by atoms with Crippen molar-refractivity contribution in [2.45, 2.75) is 25.6 Å². The minimum Gasteiger partial charge on any atom is -0.465 e. The van der Waals surface area contributed by atoms with Crippen LogP contribution in [0.3, 0.4) is 0 Å². The van der Waals surface area contributed by atoms with Gasteiger partial charge in [-0.05, 0) is 19.1 Å². The molecule has 1 unspecified atom stereocenters. The summed E-state index contributed by atoms with van der Waals surface area (Å²) in [5, 5.41) is 1.13. The van der Waals surface area contributed by atoms with Gasteiger partial charge in [-0.2, -0.15) is 0 Å². The molecule has 0 spiro atoms. The normalized spacial score (nSPS) is 12.8. The van der Waals surface area contributed by atoms with Gasteiger partial charge < -0.3 is 14.3 Å². The minimum atomic E-state index is -1.96. The maximum atomic E-state index is 11.4. The quantitative estimate of drug-likeness (QED) is 0.438. The van der Waals surface area contributed by atoms with Gasteiger partial charge in [0.25, 0.3) is 0 Å². The Balaban J connectivity index is 2.95. The van der Waals surface area contributed by atoms with Gasteiger partial charge in [0.05, 0.1) is 27.4 Å². The van der Waals surface area contributed by atoms with Crippen molar-refractivity contribution in [2.24, 2.45) is 0 Å². The van der Waals surface area contributed by atoms with E-state index < -0.39 is 8.07 Å². The van der Waals surface area contributed by atoms with E-state index in [1.54, 1.807) is 12.1 Å². The van der Waals surface area contributed by atoms with Crippen LogP contribution in [0.5, 0.6) is 0 Å². The SMILES string of the molecule is CCOCC(C=O)[Si](C)(C)c1ccc(C(=O)OC)cc1. The molecule has 1 aromatic carbocycles. The Morgan fingerprint density at radius 2 is 1.90 bits per heavy atom. The van der Waals surface area contributed by atoms with Gasteiger partial charge in [0.1, 0.15) is 6.29 Å². The lowest BCUT2D eigenvalue weighted by Gasteiger charge is -2.29. The molecule has 4 nitrogen and oxygen atoms in total. The molecule has 0 saturated heterocycles. The lowest BCUT2D eigenvalue weighted by Crippen LogP contribution is -2.48. The van der Waals surface area contributed by atoms with Crippen molar-refractivity contribution in [3.8, 4) is 0 Å². The molecule has 0 saturated carbocycles. The summed E-state index contributed by atoms with van der Waals surface area (Å²) in [5.41, 5.74) is 0.430. The van der Waals surface area contributed by atoms with Gasteiger partial charge in [-0.25, -0.2) is 4.79 Å². The van der Waals surface area contributed by atoms with Crippen molar-refractivity contribution in [2.75, 3.05) is 20.3 Å². The second-order valence-corrected chi connectivity index (χ2v) is 9.95. The van der Waals surface area contributed by atoms with E-state index in [2.05, 4.69) is 17.8 Å². The number of methoxy groups -OCH3 is 1. The smallest absolute Gasteiger partial charge is 0.337 e. The zero-order valence-electron chi connectivity index (χ0n) is 12.5. The van der Waals surface area contributed by atoms with Crippen LogP contribution < -0.4 is 5.19 Å². The highest BCUT2D eigenvalue weighted by Crippen LogP contribution is 2.20. The molecule has 0 amide bonds. The summed E-state index contributed by atoms with van der Waals surface area (Å²) in [6.07, 6.45) is 0.996. The predicted molar refractivity (Wildman–Crippen MR) is 81.2 cm³/mol. The van der Waals surface area contributed by atoms with Crippen molar-refractivity contribution in [3.63, 3.8) is 0 Å². The van der Waals surface area contributed by atoms with Gasteiger partial charge >= 0.3 is 5.97 Å². The molecule has 0 N–H and O–H groups in total. The number of hydrogen-bond donors (Lipinski definition) is 0. The number of aldehydes is 1. The number of rotatable bonds is 7. The topological polar surface area (TPSA) is 52.6 Å². The number of carbonyl (C=O) groups excluding carboxylic acids is 2. The average Bonchev–Trinajstić information content (AvgIpc) is 2.47. The Kier molecular flexibility index (Phi) is 6.10. The minimum absolute atomic E-state index is 0.0913. The number of ether oxygens (including phenoxy) is 2. The number of hydrogen-bond acceptors (Lipinski definition) is 4. The van der Waals surface area contributed by atoms with E-state index in [0.717, 1.165) is 11.5 Å². The standard InChI is InChI=1S/C15H22O4Si/c1-5-19-11-14(10-16)20(3,4)13-8-6-12(7-9-13)15(17)18-2/h6-10,14H,5,11H2,1-4H3. The lowest BCUT2D eigenvalue weighted by molar-refractivity contribution is -0.108. The first-order chi connectivity index (χ1) is 9.47. The van der Waals surface area contributed by atoms with E-state index in [-0.39, 0.29) is 11.5 Å². The summed E-state index contributed by atoms with van der Waals surface area (Å²) in [7, 11) is -0.599. The van der Waals surface area contributed by atoms with Crippen molar-refractivity contribution < 1.29 is 19.1 Å². The highest BCUT2D eigenvalue weighted by Gasteiger charge is 2.33. The first-order valence-electron chi connectivity index (χ1n) is 6.69. The van der Waals surface area contributed by atoms with Gasteiger partial charge in [0.15, 0.2) is 0 Å². The Hall–Kier alpha value is -1.46. The Morgan fingerprint density at radius 3 is 2.35 bits per heavy atom. The van der Waals surface area contributed by atoms with E-state index in [1.165, 1.54) is 7.11 Å². The van der Waals surface area contributed by atoms with Crippen LogP contribution in [0.15, 0.2) is 24.3 Å². The van der Waals surface area contributed by atoms with Crippen LogP contribution in [0.4, 0.5) is 0 Å². The fourth-order valence-corrected chi connectivity index (χ4v) is 4.36. The predicted octanol–water partition coefficient (Wildman–Crippen LogP) is 1.99. The van der Waals surface area contributed by atoms with Gasteiger partial charge in [0, 0.05) is 12.1 Å². The summed E-state index contributed by atoms with van der Waals surface area (Å²) in [6, 6.07) is 7.33. The lowest BCUT2D eigenvalue weighted by atomic mass is 10.2. The molecular weight excluding hydrogens is 272 g/mol. The molecule has 1 atom stereocenters. The molecule has 0 aliphatic rings. The third-order valence-electron chi connectivity index (χ3n) is 3.64. The first kappa shape index (κ1) is 16.6. The molecular formula is C15H22O4Si. The van der Waals surface area contributed by atoms with Gasteiger partial charge in [0.2, 0.25) is 0 Å². The van der Waals surface area contributed by atoms with E-state index >= 15 is 0 Å². The summed E-state index contributed by atoms with van der Waals surface area (Å²) in [6.45, 7) is 7.26. The van der Waals surface area contributed by atoms with Crippen molar-refractivity contribution in [3.05, 3.63) is 29.8 Å². The largest absolute Gasteiger partial charge is 0.465 e. The summed E-state index contributed by atoms with van der Waals surface area (Å²) < 4.78 is 10.1. The summed E-state index contributed by atoms with van der Waals surface area (Å²) in [4.78, 5) is 22.8. The fourth-order valence-electron chi connectivity index (χ4n) is 2.03. The second-order valence-electron chi connectivity index (χ2n) is 5.19. The molecule has 0 bridgehead atoms. The molecule has 5 heteroatoms. The third-order valence-corrected chi connectivity index (χ3v) is 7.62. The Bertz CT molecular complexity index is 453. The molecule has 0 aromatic heterocycles. The van der Waals surface area contributed by atoms with Crippen LogP contribution in [0.1, 0.15) is 17.3 Å². The zero-order chi connectivity index (χ0) is 15.2. The van der Waals surface area contributed by atoms with Crippen LogP contribution in [0.25, 0.3) is 0 Å². The summed E-state index contributed by atoms with van der Waals surface area (Å²) in [5.74, 6) is -0.350. The van der Waals surface area contributed by atoms with Gasteiger partial charge in [-0.3, -0.25) is 0 Å². The van der Waals surface area contributed by atoms with E-state index in [0.29, 0.717) is 18.8 Å². The van der Waals surface area contributed by atoms with Crippen LogP contribution in [-0.4, -0.2) is 40.7 Å². The van der Waals surface area contributed by atoms with E-state index in [9.17, 15) is 9.59 Å². The van der Waals surface area contributed by atoms with E-state index in [1.807, 2.05) is 19.1 Å². The number of carbonyl (C=O) groups is 2. The van der Waals surface area contributed by atoms with Crippen molar-refractivity contribution in [1.82, 2.24) is 0 Å². The molecule has 0 radical (unpaired) electrons. The van der Waals surface area contributed by atoms with Crippen LogP contribution in [0.2, 0.25) is 18.6 Å². The van der Waals surface area contributed by atoms with Gasteiger partial charge in [-0.15, -0.1) is 0 Å². The summed E-state index contributed by atoms with van der Waals surface area (Å²) >= 11 is 0. The average molecular weight is 294 g/mol. The van der Waals surface area contributed by atoms with Crippen molar-refractivity contribution >= 4 is 25.5 Å². The molecule has 0 aliphatic heterocycles. The third kappa shape index (κ3) is 3.77. The van der Waals surface area contributed by atoms with Crippen molar-refractivity contribution in [1.29, 1.82) is 0 Å². The van der Waals surface area contributed by atoms with Gasteiger partial charge in [-0.1, -0.05) is 30.4 Å². The maximum absolute atomic E-state index is 11.4. The number of esters is 1. The number of benzene rings is 1. The highest BCUT2D eigenvalue weighted by molar-refractivity contribution is 6.92. The Morgan fingerprint density at radius 1 is 1.30 bits per heavy atom. The highest BCUT2D eigenvalue weighted by atomic mass is 28.3. The fraction of sp³-hybridized carbons (Fsp3) is 0.467. The molecule has 110 valence electrons. The zero-order valence-corrected chi connectivity index (χ0v) is 13.5. The second kappa shape index (κ2) is 7.35. The van der Waals surface area contributed by atoms with Crippen LogP contribution >= 0.6 is 0 Å². The molecule has 0 aliphatic carbocycles. The maximum Gasteiger partial charge on any atom is 0.337 e. The molecule has 0 fully saturated rings. The molecule has 20 heavy (non-hydrogen) atoms. The van der Waals surface area contributed by atoms with E-state index in [4.69, 9.17) is 4.74 Å². The molecule has 0 heterocycles.